The van der Waals surface area contributed by atoms with Gasteiger partial charge in [0.25, 0.3) is 0 Å². The molecule has 1 rings (SSSR count). The summed E-state index contributed by atoms with van der Waals surface area (Å²) in [5.41, 5.74) is 0. The minimum absolute atomic E-state index is 0.268. The van der Waals surface area contributed by atoms with Crippen molar-refractivity contribution in [1.82, 2.24) is 0 Å². The Bertz CT molecular complexity index is 303. The van der Waals surface area contributed by atoms with Gasteiger partial charge >= 0.3 is 0 Å². The maximum Gasteiger partial charge on any atom is 0.155 e. The molecule has 0 radical (unpaired) electrons. The van der Waals surface area contributed by atoms with Crippen molar-refractivity contribution < 1.29 is 9.05 Å². The van der Waals surface area contributed by atoms with Crippen LogP contribution in [0.4, 0.5) is 0 Å². The Balaban J connectivity index is 1.80. The first-order chi connectivity index (χ1) is 13.9. The van der Waals surface area contributed by atoms with Crippen LogP contribution in [-0.4, -0.2) is 12.7 Å². The predicted molar refractivity (Wildman–Crippen MR) is 126 cm³/mol. The van der Waals surface area contributed by atoms with E-state index in [1.54, 1.807) is 0 Å². The van der Waals surface area contributed by atoms with Crippen LogP contribution in [0, 0.1) is 5.92 Å². The zero-order valence-corrected chi connectivity index (χ0v) is 20.3. The van der Waals surface area contributed by atoms with E-state index in [1.807, 2.05) is 0 Å². The van der Waals surface area contributed by atoms with E-state index in [-0.39, 0.29) is 9.03 Å². The topological polar surface area (TPSA) is 18.5 Å². The summed E-state index contributed by atoms with van der Waals surface area (Å²) in [5.74, 6) is 0.970. The summed E-state index contributed by atoms with van der Waals surface area (Å²) in [6.07, 6.45) is 28.1. The fourth-order valence-corrected chi connectivity index (χ4v) is 5.05. The van der Waals surface area contributed by atoms with E-state index in [1.165, 1.54) is 128 Å². The van der Waals surface area contributed by atoms with Crippen molar-refractivity contribution in [3.63, 3.8) is 0 Å². The molecule has 0 saturated heterocycles. The van der Waals surface area contributed by atoms with E-state index < -0.39 is 0 Å². The van der Waals surface area contributed by atoms with Crippen molar-refractivity contribution >= 4 is 9.03 Å². The van der Waals surface area contributed by atoms with Crippen LogP contribution in [0.2, 0.25) is 0 Å². The van der Waals surface area contributed by atoms with Crippen LogP contribution in [0.25, 0.3) is 0 Å². The smallest absolute Gasteiger partial charge is 0.155 e. The Hall–Kier alpha value is 0.350. The zero-order chi connectivity index (χ0) is 20.1. The molecule has 1 saturated carbocycles. The summed E-state index contributed by atoms with van der Waals surface area (Å²) < 4.78 is 11.7. The van der Waals surface area contributed by atoms with Gasteiger partial charge in [-0.05, 0) is 38.0 Å². The molecule has 2 nitrogen and oxygen atoms in total. The maximum absolute atomic E-state index is 5.99. The molecule has 28 heavy (non-hydrogen) atoms. The molecule has 1 aliphatic carbocycles. The van der Waals surface area contributed by atoms with Gasteiger partial charge in [0.1, 0.15) is 0 Å². The quantitative estimate of drug-likeness (QED) is 0.146. The van der Waals surface area contributed by atoms with Crippen LogP contribution < -0.4 is 0 Å². The Labute approximate surface area is 179 Å². The van der Waals surface area contributed by atoms with Gasteiger partial charge in [-0.3, -0.25) is 0 Å². The molecular weight excluding hydrogens is 363 g/mol. The minimum Gasteiger partial charge on any atom is -0.336 e. The van der Waals surface area contributed by atoms with E-state index in [0.29, 0.717) is 6.10 Å². The van der Waals surface area contributed by atoms with Crippen LogP contribution in [0.15, 0.2) is 0 Å². The highest BCUT2D eigenvalue weighted by atomic mass is 31.1. The first-order valence-corrected chi connectivity index (χ1v) is 13.7. The van der Waals surface area contributed by atoms with Crippen LogP contribution in [0.3, 0.4) is 0 Å². The molecule has 0 aromatic heterocycles. The summed E-state index contributed by atoms with van der Waals surface area (Å²) in [5, 5.41) is 0. The molecule has 0 N–H and O–H groups in total. The lowest BCUT2D eigenvalue weighted by Crippen LogP contribution is -2.19. The molecule has 1 fully saturated rings. The summed E-state index contributed by atoms with van der Waals surface area (Å²) in [6, 6.07) is 0. The third kappa shape index (κ3) is 16.2. The molecule has 0 aromatic rings. The number of hydrogen-bond acceptors (Lipinski definition) is 2. The molecule has 0 heterocycles. The van der Waals surface area contributed by atoms with E-state index in [0.717, 1.165) is 12.5 Å². The second-order valence-corrected chi connectivity index (χ2v) is 9.77. The van der Waals surface area contributed by atoms with Crippen molar-refractivity contribution in [2.24, 2.45) is 5.92 Å². The molecule has 1 unspecified atom stereocenters. The van der Waals surface area contributed by atoms with Crippen LogP contribution in [-0.2, 0) is 9.05 Å². The Morgan fingerprint density at radius 2 is 1.11 bits per heavy atom. The van der Waals surface area contributed by atoms with Gasteiger partial charge in [-0.1, -0.05) is 110 Å². The predicted octanol–water partition coefficient (Wildman–Crippen LogP) is 9.37. The number of unbranched alkanes of at least 4 members (excludes halogenated alkanes) is 13. The zero-order valence-electron chi connectivity index (χ0n) is 19.3. The highest BCUT2D eigenvalue weighted by Crippen LogP contribution is 2.33. The molecule has 0 aliphatic heterocycles. The third-order valence-corrected chi connectivity index (χ3v) is 7.13. The third-order valence-electron chi connectivity index (χ3n) is 6.38. The molecular formula is C25H51O2P. The lowest BCUT2D eigenvalue weighted by Gasteiger charge is -2.28. The first kappa shape index (κ1) is 26.4. The highest BCUT2D eigenvalue weighted by molar-refractivity contribution is 7.26. The van der Waals surface area contributed by atoms with Gasteiger partial charge in [-0.15, -0.1) is 0 Å². The average Bonchev–Trinajstić information content (AvgIpc) is 2.72. The maximum atomic E-state index is 5.99. The molecule has 168 valence electrons. The minimum atomic E-state index is 0.268. The Kier molecular flexibility index (Phi) is 19.4. The van der Waals surface area contributed by atoms with Crippen molar-refractivity contribution in [2.75, 3.05) is 6.61 Å². The van der Waals surface area contributed by atoms with Crippen LogP contribution in [0.1, 0.15) is 142 Å². The average molecular weight is 415 g/mol. The van der Waals surface area contributed by atoms with E-state index in [4.69, 9.17) is 9.05 Å². The lowest BCUT2D eigenvalue weighted by molar-refractivity contribution is 0.126. The van der Waals surface area contributed by atoms with Crippen molar-refractivity contribution in [3.8, 4) is 0 Å². The SMILES string of the molecule is CCCCCCCCCCOPOC1CCC(CCCCCCCCC)CC1. The molecule has 0 amide bonds. The summed E-state index contributed by atoms with van der Waals surface area (Å²) in [4.78, 5) is 0. The summed E-state index contributed by atoms with van der Waals surface area (Å²) >= 11 is 0. The van der Waals surface area contributed by atoms with Crippen molar-refractivity contribution in [1.29, 1.82) is 0 Å². The monoisotopic (exact) mass is 414 g/mol. The molecule has 1 aliphatic rings. The lowest BCUT2D eigenvalue weighted by atomic mass is 9.84. The highest BCUT2D eigenvalue weighted by Gasteiger charge is 2.21. The van der Waals surface area contributed by atoms with Gasteiger partial charge in [0, 0.05) is 0 Å². The van der Waals surface area contributed by atoms with Gasteiger partial charge in [0.05, 0.1) is 12.7 Å². The van der Waals surface area contributed by atoms with E-state index in [9.17, 15) is 0 Å². The van der Waals surface area contributed by atoms with Crippen LogP contribution in [0.5, 0.6) is 0 Å². The fourth-order valence-electron chi connectivity index (χ4n) is 4.38. The van der Waals surface area contributed by atoms with Gasteiger partial charge < -0.3 is 9.05 Å². The summed E-state index contributed by atoms with van der Waals surface area (Å²) in [7, 11) is 0.268. The number of rotatable bonds is 20. The Morgan fingerprint density at radius 3 is 1.68 bits per heavy atom. The molecule has 0 aromatic carbocycles. The largest absolute Gasteiger partial charge is 0.336 e. The summed E-state index contributed by atoms with van der Waals surface area (Å²) in [6.45, 7) is 5.47. The van der Waals surface area contributed by atoms with E-state index >= 15 is 0 Å². The second kappa shape index (κ2) is 20.6. The van der Waals surface area contributed by atoms with Crippen molar-refractivity contribution in [3.05, 3.63) is 0 Å². The molecule has 3 heteroatoms. The molecule has 0 bridgehead atoms. The number of hydrogen-bond donors (Lipinski definition) is 0. The molecule has 1 atom stereocenters. The van der Waals surface area contributed by atoms with Gasteiger partial charge in [-0.2, -0.15) is 0 Å². The van der Waals surface area contributed by atoms with Gasteiger partial charge in [0.15, 0.2) is 9.03 Å². The first-order valence-electron chi connectivity index (χ1n) is 12.9. The van der Waals surface area contributed by atoms with E-state index in [2.05, 4.69) is 13.8 Å². The Morgan fingerprint density at radius 1 is 0.607 bits per heavy atom. The standard InChI is InChI=1S/C25H51O2P/c1-3-5-7-9-11-13-15-17-23-26-28-27-25-21-19-24(20-22-25)18-16-14-12-10-8-6-4-2/h24-25,28H,3-23H2,1-2H3. The fraction of sp³-hybridized carbons (Fsp3) is 1.00. The van der Waals surface area contributed by atoms with Crippen LogP contribution >= 0.6 is 9.03 Å². The van der Waals surface area contributed by atoms with Gasteiger partial charge in [-0.25, -0.2) is 0 Å². The molecule has 0 spiro atoms. The van der Waals surface area contributed by atoms with Gasteiger partial charge in [0.2, 0.25) is 0 Å². The second-order valence-electron chi connectivity index (χ2n) is 9.08. The van der Waals surface area contributed by atoms with Crippen molar-refractivity contribution in [2.45, 2.75) is 148 Å². The normalized spacial score (nSPS) is 20.4.